The van der Waals surface area contributed by atoms with Crippen molar-refractivity contribution >= 4 is 23.2 Å². The van der Waals surface area contributed by atoms with Crippen molar-refractivity contribution in [2.24, 2.45) is 0 Å². The average Bonchev–Trinajstić information content (AvgIpc) is 2.78. The summed E-state index contributed by atoms with van der Waals surface area (Å²) in [5.74, 6) is -0.0619. The van der Waals surface area contributed by atoms with Crippen molar-refractivity contribution in [3.8, 4) is 0 Å². The fourth-order valence-corrected chi connectivity index (χ4v) is 2.59. The molecule has 0 aliphatic heterocycles. The molecule has 1 aromatic rings. The quantitative estimate of drug-likeness (QED) is 0.867. The minimum atomic E-state index is -0.252. The molecular formula is C15H25N3O2S. The summed E-state index contributed by atoms with van der Waals surface area (Å²) < 4.78 is 0. The van der Waals surface area contributed by atoms with Crippen LogP contribution in [0, 0.1) is 0 Å². The van der Waals surface area contributed by atoms with Gasteiger partial charge in [0.15, 0.2) is 0 Å². The Morgan fingerprint density at radius 1 is 1.24 bits per heavy atom. The Hall–Kier alpha value is -1.40. The Kier molecular flexibility index (Phi) is 6.36. The van der Waals surface area contributed by atoms with E-state index in [1.54, 1.807) is 35.2 Å². The molecule has 0 radical (unpaired) electrons. The molecule has 0 aromatic carbocycles. The number of thiophene rings is 1. The summed E-state index contributed by atoms with van der Waals surface area (Å²) in [6.45, 7) is 6.87. The third kappa shape index (κ3) is 7.24. The third-order valence-corrected chi connectivity index (χ3v) is 3.59. The zero-order valence-electron chi connectivity index (χ0n) is 13.5. The number of amides is 2. The summed E-state index contributed by atoms with van der Waals surface area (Å²) in [5.41, 5.74) is -0.252. The van der Waals surface area contributed by atoms with Crippen molar-refractivity contribution in [3.05, 3.63) is 22.4 Å². The molecule has 0 saturated heterocycles. The lowest BCUT2D eigenvalue weighted by molar-refractivity contribution is -0.132. The molecule has 5 nitrogen and oxygen atoms in total. The molecule has 0 saturated carbocycles. The normalized spacial score (nSPS) is 11.5. The molecule has 0 unspecified atom stereocenters. The highest BCUT2D eigenvalue weighted by Crippen LogP contribution is 2.10. The Labute approximate surface area is 130 Å². The first-order valence-electron chi connectivity index (χ1n) is 6.93. The standard InChI is InChI=1S/C15H25N3O2S/c1-15(2,3)16-13(19)10-17(4)11-14(20)18(5)9-12-7-6-8-21-12/h6-8H,9-11H2,1-5H3,(H,16,19). The van der Waals surface area contributed by atoms with Gasteiger partial charge in [0.25, 0.3) is 0 Å². The lowest BCUT2D eigenvalue weighted by Crippen LogP contribution is -2.46. The molecule has 1 rings (SSSR count). The minimum Gasteiger partial charge on any atom is -0.350 e. The number of likely N-dealkylation sites (N-methyl/N-ethyl adjacent to an activating group) is 2. The van der Waals surface area contributed by atoms with Crippen molar-refractivity contribution in [2.75, 3.05) is 27.2 Å². The first-order chi connectivity index (χ1) is 9.67. The molecule has 118 valence electrons. The van der Waals surface area contributed by atoms with Gasteiger partial charge in [-0.3, -0.25) is 14.5 Å². The Balaban J connectivity index is 2.37. The van der Waals surface area contributed by atoms with Crippen LogP contribution in [-0.4, -0.2) is 54.3 Å². The molecule has 0 bridgehead atoms. The summed E-state index contributed by atoms with van der Waals surface area (Å²) >= 11 is 1.63. The van der Waals surface area contributed by atoms with E-state index in [2.05, 4.69) is 5.32 Å². The zero-order chi connectivity index (χ0) is 16.0. The van der Waals surface area contributed by atoms with Crippen LogP contribution in [0.2, 0.25) is 0 Å². The molecule has 1 N–H and O–H groups in total. The Bertz CT molecular complexity index is 466. The van der Waals surface area contributed by atoms with Crippen LogP contribution in [0.5, 0.6) is 0 Å². The van der Waals surface area contributed by atoms with Gasteiger partial charge in [0.1, 0.15) is 0 Å². The molecule has 0 fully saturated rings. The molecule has 2 amide bonds. The fraction of sp³-hybridized carbons (Fsp3) is 0.600. The van der Waals surface area contributed by atoms with Crippen LogP contribution in [-0.2, 0) is 16.1 Å². The predicted octanol–water partition coefficient (Wildman–Crippen LogP) is 1.55. The van der Waals surface area contributed by atoms with Crippen molar-refractivity contribution in [1.29, 1.82) is 0 Å². The van der Waals surface area contributed by atoms with Gasteiger partial charge in [0, 0.05) is 17.5 Å². The molecule has 6 heteroatoms. The minimum absolute atomic E-state index is 0.00876. The maximum atomic E-state index is 12.1. The topological polar surface area (TPSA) is 52.7 Å². The van der Waals surface area contributed by atoms with E-state index in [9.17, 15) is 9.59 Å². The second-order valence-electron chi connectivity index (χ2n) is 6.30. The second kappa shape index (κ2) is 7.56. The van der Waals surface area contributed by atoms with E-state index in [1.807, 2.05) is 38.3 Å². The van der Waals surface area contributed by atoms with Gasteiger partial charge in [-0.2, -0.15) is 0 Å². The summed E-state index contributed by atoms with van der Waals surface area (Å²) in [4.78, 5) is 28.5. The number of carbonyl (C=O) groups excluding carboxylic acids is 2. The van der Waals surface area contributed by atoms with Gasteiger partial charge in [-0.25, -0.2) is 0 Å². The highest BCUT2D eigenvalue weighted by Gasteiger charge is 2.17. The molecule has 1 aromatic heterocycles. The molecule has 0 atom stereocenters. The number of rotatable bonds is 6. The van der Waals surface area contributed by atoms with Crippen LogP contribution in [0.4, 0.5) is 0 Å². The smallest absolute Gasteiger partial charge is 0.236 e. The second-order valence-corrected chi connectivity index (χ2v) is 7.33. The maximum absolute atomic E-state index is 12.1. The van der Waals surface area contributed by atoms with Crippen molar-refractivity contribution in [3.63, 3.8) is 0 Å². The summed E-state index contributed by atoms with van der Waals surface area (Å²) in [6.07, 6.45) is 0. The number of nitrogens with one attached hydrogen (secondary N) is 1. The highest BCUT2D eigenvalue weighted by atomic mass is 32.1. The third-order valence-electron chi connectivity index (χ3n) is 2.73. The van der Waals surface area contributed by atoms with Gasteiger partial charge in [-0.05, 0) is 39.3 Å². The lowest BCUT2D eigenvalue weighted by Gasteiger charge is -2.24. The van der Waals surface area contributed by atoms with Crippen LogP contribution >= 0.6 is 11.3 Å². The van der Waals surface area contributed by atoms with Gasteiger partial charge in [-0.1, -0.05) is 6.07 Å². The van der Waals surface area contributed by atoms with E-state index in [4.69, 9.17) is 0 Å². The molecule has 0 aliphatic rings. The number of hydrogen-bond donors (Lipinski definition) is 1. The molecule has 1 heterocycles. The first-order valence-corrected chi connectivity index (χ1v) is 7.81. The molecule has 0 spiro atoms. The van der Waals surface area contributed by atoms with Crippen LogP contribution in [0.25, 0.3) is 0 Å². The molecule has 21 heavy (non-hydrogen) atoms. The van der Waals surface area contributed by atoms with E-state index >= 15 is 0 Å². The van der Waals surface area contributed by atoms with E-state index in [1.165, 1.54) is 0 Å². The molecular weight excluding hydrogens is 286 g/mol. The highest BCUT2D eigenvalue weighted by molar-refractivity contribution is 7.09. The van der Waals surface area contributed by atoms with Gasteiger partial charge < -0.3 is 10.2 Å². The largest absolute Gasteiger partial charge is 0.350 e. The predicted molar refractivity (Wildman–Crippen MR) is 86.2 cm³/mol. The van der Waals surface area contributed by atoms with Crippen molar-refractivity contribution in [1.82, 2.24) is 15.1 Å². The molecule has 0 aliphatic carbocycles. The zero-order valence-corrected chi connectivity index (χ0v) is 14.3. The van der Waals surface area contributed by atoms with Crippen LogP contribution in [0.3, 0.4) is 0 Å². The summed E-state index contributed by atoms with van der Waals surface area (Å²) in [5, 5.41) is 4.88. The average molecular weight is 311 g/mol. The lowest BCUT2D eigenvalue weighted by atomic mass is 10.1. The summed E-state index contributed by atoms with van der Waals surface area (Å²) in [7, 11) is 3.56. The van der Waals surface area contributed by atoms with Gasteiger partial charge in [-0.15, -0.1) is 11.3 Å². The number of carbonyl (C=O) groups is 2. The SMILES string of the molecule is CN(CC(=O)NC(C)(C)C)CC(=O)N(C)Cc1cccs1. The number of nitrogens with zero attached hydrogens (tertiary/aromatic N) is 2. The van der Waals surface area contributed by atoms with Gasteiger partial charge >= 0.3 is 0 Å². The van der Waals surface area contributed by atoms with E-state index in [0.717, 1.165) is 4.88 Å². The first kappa shape index (κ1) is 17.7. The number of hydrogen-bond acceptors (Lipinski definition) is 4. The van der Waals surface area contributed by atoms with Crippen molar-refractivity contribution < 1.29 is 9.59 Å². The van der Waals surface area contributed by atoms with Crippen LogP contribution in [0.1, 0.15) is 25.6 Å². The Morgan fingerprint density at radius 2 is 1.90 bits per heavy atom. The van der Waals surface area contributed by atoms with Crippen LogP contribution in [0.15, 0.2) is 17.5 Å². The van der Waals surface area contributed by atoms with Crippen LogP contribution < -0.4 is 5.32 Å². The van der Waals surface area contributed by atoms with Gasteiger partial charge in [0.05, 0.1) is 19.6 Å². The van der Waals surface area contributed by atoms with E-state index in [0.29, 0.717) is 6.54 Å². The van der Waals surface area contributed by atoms with Crippen molar-refractivity contribution in [2.45, 2.75) is 32.9 Å². The maximum Gasteiger partial charge on any atom is 0.236 e. The van der Waals surface area contributed by atoms with E-state index in [-0.39, 0.29) is 30.4 Å². The summed E-state index contributed by atoms with van der Waals surface area (Å²) in [6, 6.07) is 3.98. The van der Waals surface area contributed by atoms with E-state index < -0.39 is 0 Å². The monoisotopic (exact) mass is 311 g/mol. The van der Waals surface area contributed by atoms with Gasteiger partial charge in [0.2, 0.25) is 11.8 Å². The fourth-order valence-electron chi connectivity index (χ4n) is 1.83. The Morgan fingerprint density at radius 3 is 2.43 bits per heavy atom.